The Balaban J connectivity index is 2.01. The highest BCUT2D eigenvalue weighted by molar-refractivity contribution is 6.14. The van der Waals surface area contributed by atoms with Crippen LogP contribution in [0.1, 0.15) is 26.2 Å². The zero-order chi connectivity index (χ0) is 12.1. The van der Waals surface area contributed by atoms with E-state index in [0.717, 1.165) is 11.6 Å². The van der Waals surface area contributed by atoms with Crippen molar-refractivity contribution in [2.75, 3.05) is 20.1 Å². The number of nitrogens with zero attached hydrogens (tertiary/aromatic N) is 1. The number of rotatable bonds is 2. The lowest BCUT2D eigenvalue weighted by molar-refractivity contribution is 0.381. The van der Waals surface area contributed by atoms with Gasteiger partial charge in [0, 0.05) is 7.05 Å². The predicted molar refractivity (Wildman–Crippen MR) is 74.5 cm³/mol. The molecule has 0 bridgehead atoms. The normalized spacial score (nSPS) is 29.8. The van der Waals surface area contributed by atoms with E-state index in [1.165, 1.54) is 43.5 Å². The maximum absolute atomic E-state index is 4.39. The molecular formula is C15H22N2. The molecule has 0 radical (unpaired) electrons. The van der Waals surface area contributed by atoms with E-state index < -0.39 is 0 Å². The maximum atomic E-state index is 4.39. The molecule has 1 atom stereocenters. The monoisotopic (exact) mass is 230 g/mol. The van der Waals surface area contributed by atoms with Crippen molar-refractivity contribution in [2.24, 2.45) is 10.9 Å². The van der Waals surface area contributed by atoms with Gasteiger partial charge in [0.25, 0.3) is 0 Å². The van der Waals surface area contributed by atoms with Crippen molar-refractivity contribution in [3.63, 3.8) is 0 Å². The van der Waals surface area contributed by atoms with Gasteiger partial charge in [-0.3, -0.25) is 4.99 Å². The Bertz CT molecular complexity index is 380. The van der Waals surface area contributed by atoms with Crippen LogP contribution in [0.2, 0.25) is 0 Å². The summed E-state index contributed by atoms with van der Waals surface area (Å²) in [6, 6.07) is 0. The van der Waals surface area contributed by atoms with E-state index in [9.17, 15) is 0 Å². The van der Waals surface area contributed by atoms with Crippen LogP contribution in [0.15, 0.2) is 40.4 Å². The molecule has 1 saturated heterocycles. The van der Waals surface area contributed by atoms with E-state index in [1.54, 1.807) is 0 Å². The van der Waals surface area contributed by atoms with Crippen LogP contribution >= 0.6 is 0 Å². The smallest absolute Gasteiger partial charge is 0.0669 e. The Labute approximate surface area is 104 Å². The second-order valence-corrected chi connectivity index (χ2v) is 4.89. The third-order valence-corrected chi connectivity index (χ3v) is 3.56. The summed E-state index contributed by atoms with van der Waals surface area (Å²) >= 11 is 0. The summed E-state index contributed by atoms with van der Waals surface area (Å²) < 4.78 is 0. The number of hydrogen-bond donors (Lipinski definition) is 1. The van der Waals surface area contributed by atoms with Crippen LogP contribution in [-0.4, -0.2) is 25.8 Å². The molecule has 2 heteroatoms. The number of hydrogen-bond acceptors (Lipinski definition) is 2. The standard InChI is InChI=1S/C15H22N2/c1-12-5-3-7-14(15(12)16-2)9-8-13-6-4-10-17-11-13/h3,5,7,9,13,17H,4,6,8,10-11H2,1-2H3/b14-9-,16-15-. The molecule has 0 aromatic carbocycles. The molecule has 0 saturated carbocycles. The first kappa shape index (κ1) is 12.3. The fraction of sp³-hybridized carbons (Fsp3) is 0.533. The maximum Gasteiger partial charge on any atom is 0.0669 e. The average Bonchev–Trinajstić information content (AvgIpc) is 2.37. The first-order valence-electron chi connectivity index (χ1n) is 6.54. The van der Waals surface area contributed by atoms with Crippen molar-refractivity contribution in [3.05, 3.63) is 35.5 Å². The van der Waals surface area contributed by atoms with Gasteiger partial charge in [0.05, 0.1) is 5.71 Å². The zero-order valence-electron chi connectivity index (χ0n) is 10.9. The van der Waals surface area contributed by atoms with Gasteiger partial charge >= 0.3 is 0 Å². The lowest BCUT2D eigenvalue weighted by Crippen LogP contribution is -2.29. The van der Waals surface area contributed by atoms with E-state index >= 15 is 0 Å². The van der Waals surface area contributed by atoms with Crippen molar-refractivity contribution in [2.45, 2.75) is 26.2 Å². The molecule has 0 aromatic rings. The topological polar surface area (TPSA) is 24.4 Å². The molecule has 0 amide bonds. The first-order chi connectivity index (χ1) is 8.31. The summed E-state index contributed by atoms with van der Waals surface area (Å²) in [5.41, 5.74) is 3.71. The molecule has 1 unspecified atom stereocenters. The molecule has 92 valence electrons. The van der Waals surface area contributed by atoms with Gasteiger partial charge in [0.15, 0.2) is 0 Å². The molecule has 1 N–H and O–H groups in total. The highest BCUT2D eigenvalue weighted by atomic mass is 14.9. The Morgan fingerprint density at radius 2 is 2.41 bits per heavy atom. The van der Waals surface area contributed by atoms with Crippen LogP contribution in [0.3, 0.4) is 0 Å². The van der Waals surface area contributed by atoms with E-state index in [1.807, 2.05) is 7.05 Å². The van der Waals surface area contributed by atoms with Crippen LogP contribution in [-0.2, 0) is 0 Å². The van der Waals surface area contributed by atoms with Crippen molar-refractivity contribution in [1.82, 2.24) is 5.32 Å². The Kier molecular flexibility index (Phi) is 4.32. The Morgan fingerprint density at radius 3 is 3.12 bits per heavy atom. The minimum absolute atomic E-state index is 0.800. The largest absolute Gasteiger partial charge is 0.316 e. The molecule has 2 aliphatic rings. The number of nitrogens with one attached hydrogen (secondary N) is 1. The highest BCUT2D eigenvalue weighted by Crippen LogP contribution is 2.20. The van der Waals surface area contributed by atoms with E-state index in [2.05, 4.69) is 41.5 Å². The van der Waals surface area contributed by atoms with E-state index in [0.29, 0.717) is 0 Å². The molecular weight excluding hydrogens is 208 g/mol. The second kappa shape index (κ2) is 5.97. The van der Waals surface area contributed by atoms with Gasteiger partial charge in [-0.1, -0.05) is 24.3 Å². The Morgan fingerprint density at radius 1 is 1.53 bits per heavy atom. The first-order valence-corrected chi connectivity index (χ1v) is 6.54. The van der Waals surface area contributed by atoms with Gasteiger partial charge in [0.2, 0.25) is 0 Å². The Hall–Kier alpha value is -1.15. The predicted octanol–water partition coefficient (Wildman–Crippen LogP) is 2.89. The third-order valence-electron chi connectivity index (χ3n) is 3.56. The molecule has 0 spiro atoms. The SMILES string of the molecule is C/N=C1/C(C)=CC=C/C1=C/CC1CCCNC1. The number of piperidine rings is 1. The number of aliphatic imine (C=N–C) groups is 1. The minimum atomic E-state index is 0.800. The van der Waals surface area contributed by atoms with E-state index in [-0.39, 0.29) is 0 Å². The third kappa shape index (κ3) is 3.16. The molecule has 1 aliphatic carbocycles. The molecule has 2 nitrogen and oxygen atoms in total. The second-order valence-electron chi connectivity index (χ2n) is 4.89. The molecule has 1 fully saturated rings. The van der Waals surface area contributed by atoms with E-state index in [4.69, 9.17) is 0 Å². The van der Waals surface area contributed by atoms with Crippen LogP contribution in [0.25, 0.3) is 0 Å². The fourth-order valence-electron chi connectivity index (χ4n) is 2.57. The van der Waals surface area contributed by atoms with Crippen molar-refractivity contribution < 1.29 is 0 Å². The summed E-state index contributed by atoms with van der Waals surface area (Å²) in [5.74, 6) is 0.800. The lowest BCUT2D eigenvalue weighted by atomic mass is 9.92. The molecule has 17 heavy (non-hydrogen) atoms. The summed E-state index contributed by atoms with van der Waals surface area (Å²) in [7, 11) is 1.88. The molecule has 2 rings (SSSR count). The summed E-state index contributed by atoms with van der Waals surface area (Å²) in [5, 5.41) is 3.47. The van der Waals surface area contributed by atoms with Gasteiger partial charge in [-0.2, -0.15) is 0 Å². The number of allylic oxidation sites excluding steroid dienone is 6. The summed E-state index contributed by atoms with van der Waals surface area (Å²) in [4.78, 5) is 4.39. The van der Waals surface area contributed by atoms with Crippen LogP contribution in [0.4, 0.5) is 0 Å². The lowest BCUT2D eigenvalue weighted by Gasteiger charge is -2.22. The van der Waals surface area contributed by atoms with Crippen molar-refractivity contribution >= 4 is 5.71 Å². The quantitative estimate of drug-likeness (QED) is 0.775. The van der Waals surface area contributed by atoms with Crippen LogP contribution in [0, 0.1) is 5.92 Å². The van der Waals surface area contributed by atoms with Crippen LogP contribution in [0.5, 0.6) is 0 Å². The minimum Gasteiger partial charge on any atom is -0.316 e. The van der Waals surface area contributed by atoms with Gasteiger partial charge in [-0.05, 0) is 56.3 Å². The zero-order valence-corrected chi connectivity index (χ0v) is 10.9. The van der Waals surface area contributed by atoms with Gasteiger partial charge < -0.3 is 5.32 Å². The molecule has 1 aliphatic heterocycles. The molecule has 0 aromatic heterocycles. The molecule has 1 heterocycles. The van der Waals surface area contributed by atoms with Gasteiger partial charge in [0.1, 0.15) is 0 Å². The summed E-state index contributed by atoms with van der Waals surface area (Å²) in [6.07, 6.45) is 12.6. The average molecular weight is 230 g/mol. The van der Waals surface area contributed by atoms with Gasteiger partial charge in [-0.15, -0.1) is 0 Å². The van der Waals surface area contributed by atoms with Crippen molar-refractivity contribution in [3.8, 4) is 0 Å². The van der Waals surface area contributed by atoms with Crippen molar-refractivity contribution in [1.29, 1.82) is 0 Å². The van der Waals surface area contributed by atoms with Gasteiger partial charge in [-0.25, -0.2) is 0 Å². The summed E-state index contributed by atoms with van der Waals surface area (Å²) in [6.45, 7) is 4.49. The fourth-order valence-corrected chi connectivity index (χ4v) is 2.57. The highest BCUT2D eigenvalue weighted by Gasteiger charge is 2.13. The van der Waals surface area contributed by atoms with Crippen LogP contribution < -0.4 is 5.32 Å².